The van der Waals surface area contributed by atoms with Crippen molar-refractivity contribution in [1.29, 1.82) is 0 Å². The highest BCUT2D eigenvalue weighted by atomic mass is 127. The summed E-state index contributed by atoms with van der Waals surface area (Å²) in [6.07, 6.45) is 0.793. The molecule has 3 rings (SSSR count). The quantitative estimate of drug-likeness (QED) is 0.315. The van der Waals surface area contributed by atoms with E-state index in [2.05, 4.69) is 39.5 Å². The maximum atomic E-state index is 11.8. The van der Waals surface area contributed by atoms with E-state index in [1.807, 2.05) is 36.4 Å². The number of rotatable bonds is 7. The lowest BCUT2D eigenvalue weighted by Gasteiger charge is -2.38. The van der Waals surface area contributed by atoms with E-state index in [-0.39, 0.29) is 29.9 Å². The van der Waals surface area contributed by atoms with Crippen molar-refractivity contribution >= 4 is 41.5 Å². The molecule has 1 amide bonds. The highest BCUT2D eigenvalue weighted by molar-refractivity contribution is 14.0. The smallest absolute Gasteiger partial charge is 0.251 e. The average molecular weight is 551 g/mol. The van der Waals surface area contributed by atoms with Crippen molar-refractivity contribution in [3.8, 4) is 5.75 Å². The molecule has 0 aromatic heterocycles. The molecular weight excluding hydrogens is 517 g/mol. The Labute approximate surface area is 208 Å². The van der Waals surface area contributed by atoms with Crippen LogP contribution in [-0.2, 0) is 6.42 Å². The van der Waals surface area contributed by atoms with Gasteiger partial charge < -0.3 is 25.2 Å². The molecule has 32 heavy (non-hydrogen) atoms. The van der Waals surface area contributed by atoms with Crippen molar-refractivity contribution in [2.24, 2.45) is 4.99 Å². The van der Waals surface area contributed by atoms with Crippen LogP contribution in [0.2, 0.25) is 0 Å². The third-order valence-corrected chi connectivity index (χ3v) is 5.42. The average Bonchev–Trinajstić information content (AvgIpc) is 2.83. The number of nitrogens with zero attached hydrogens (tertiary/aromatic N) is 3. The topological polar surface area (TPSA) is 69.2 Å². The normalized spacial score (nSPS) is 13.9. The fourth-order valence-electron chi connectivity index (χ4n) is 3.78. The van der Waals surface area contributed by atoms with Crippen LogP contribution in [0.4, 0.5) is 5.69 Å². The number of carbonyl (C=O) groups is 1. The van der Waals surface area contributed by atoms with E-state index in [1.165, 1.54) is 0 Å². The number of amides is 1. The minimum Gasteiger partial charge on any atom is -0.495 e. The predicted octanol–water partition coefficient (Wildman–Crippen LogP) is 3.00. The second-order valence-corrected chi connectivity index (χ2v) is 7.41. The molecule has 2 aromatic rings. The molecule has 174 valence electrons. The van der Waals surface area contributed by atoms with Crippen molar-refractivity contribution in [3.05, 3.63) is 59.7 Å². The molecule has 2 N–H and O–H groups in total. The zero-order valence-electron chi connectivity index (χ0n) is 19.1. The predicted molar refractivity (Wildman–Crippen MR) is 142 cm³/mol. The number of ether oxygens (including phenoxy) is 1. The molecule has 0 radical (unpaired) electrons. The maximum Gasteiger partial charge on any atom is 0.251 e. The van der Waals surface area contributed by atoms with E-state index >= 15 is 0 Å². The first-order valence-corrected chi connectivity index (χ1v) is 10.9. The molecule has 7 nitrogen and oxygen atoms in total. The van der Waals surface area contributed by atoms with Gasteiger partial charge in [-0.1, -0.05) is 24.3 Å². The molecule has 1 aliphatic heterocycles. The fourth-order valence-corrected chi connectivity index (χ4v) is 3.78. The molecule has 2 aromatic carbocycles. The van der Waals surface area contributed by atoms with Gasteiger partial charge in [0.2, 0.25) is 0 Å². The van der Waals surface area contributed by atoms with Gasteiger partial charge in [-0.3, -0.25) is 9.79 Å². The van der Waals surface area contributed by atoms with Gasteiger partial charge in [-0.25, -0.2) is 0 Å². The molecule has 0 atom stereocenters. The van der Waals surface area contributed by atoms with Gasteiger partial charge in [-0.05, 0) is 43.2 Å². The lowest BCUT2D eigenvalue weighted by molar-refractivity contribution is 0.0963. The molecule has 0 aliphatic carbocycles. The van der Waals surface area contributed by atoms with E-state index in [4.69, 9.17) is 9.73 Å². The monoisotopic (exact) mass is 551 g/mol. The number of para-hydroxylation sites is 2. The van der Waals surface area contributed by atoms with Gasteiger partial charge in [-0.15, -0.1) is 24.0 Å². The van der Waals surface area contributed by atoms with Crippen molar-refractivity contribution in [3.63, 3.8) is 0 Å². The second-order valence-electron chi connectivity index (χ2n) is 7.41. The molecule has 1 saturated heterocycles. The number of hydrogen-bond donors (Lipinski definition) is 2. The summed E-state index contributed by atoms with van der Waals surface area (Å²) in [4.78, 5) is 21.4. The van der Waals surface area contributed by atoms with Gasteiger partial charge in [0.15, 0.2) is 5.96 Å². The van der Waals surface area contributed by atoms with Gasteiger partial charge in [0.25, 0.3) is 5.91 Å². The lowest BCUT2D eigenvalue weighted by Crippen LogP contribution is -2.52. The number of methoxy groups -OCH3 is 1. The number of carbonyl (C=O) groups excluding carboxylic acids is 1. The lowest BCUT2D eigenvalue weighted by atomic mass is 10.1. The van der Waals surface area contributed by atoms with Crippen LogP contribution in [0.5, 0.6) is 5.75 Å². The van der Waals surface area contributed by atoms with Crippen molar-refractivity contribution in [1.82, 2.24) is 15.5 Å². The Morgan fingerprint density at radius 2 is 1.84 bits per heavy atom. The minimum atomic E-state index is -0.0633. The number of hydrogen-bond acceptors (Lipinski definition) is 4. The number of benzene rings is 2. The number of anilines is 1. The van der Waals surface area contributed by atoms with Crippen LogP contribution in [0.3, 0.4) is 0 Å². The number of aliphatic imine (C=N–C) groups is 1. The molecule has 1 aliphatic rings. The van der Waals surface area contributed by atoms with Gasteiger partial charge in [0.1, 0.15) is 5.75 Å². The first kappa shape index (κ1) is 25.8. The minimum absolute atomic E-state index is 0. The van der Waals surface area contributed by atoms with Gasteiger partial charge >= 0.3 is 0 Å². The third kappa shape index (κ3) is 6.75. The summed E-state index contributed by atoms with van der Waals surface area (Å²) in [5, 5.41) is 6.09. The summed E-state index contributed by atoms with van der Waals surface area (Å²) < 4.78 is 5.52. The standard InChI is InChI=1S/C24H33N5O2.HI/c1-4-26-24(27-13-12-19-8-7-9-20(18-19)23(30)25-2)29-16-14-28(15-17-29)21-10-5-6-11-22(21)31-3;/h5-11,18H,4,12-17H2,1-3H3,(H,25,30)(H,26,27);1H. The van der Waals surface area contributed by atoms with Crippen LogP contribution in [-0.4, -0.2) is 70.2 Å². The molecule has 1 fully saturated rings. The van der Waals surface area contributed by atoms with Gasteiger partial charge in [0.05, 0.1) is 12.8 Å². The molecule has 1 heterocycles. The molecule has 8 heteroatoms. The SMILES string of the molecule is CCNC(=NCCc1cccc(C(=O)NC)c1)N1CCN(c2ccccc2OC)CC1.I. The van der Waals surface area contributed by atoms with Crippen LogP contribution in [0, 0.1) is 0 Å². The number of guanidine groups is 1. The Bertz CT molecular complexity index is 897. The summed E-state index contributed by atoms with van der Waals surface area (Å²) in [5.74, 6) is 1.80. The number of piperazine rings is 1. The van der Waals surface area contributed by atoms with Crippen LogP contribution >= 0.6 is 24.0 Å². The van der Waals surface area contributed by atoms with Crippen LogP contribution < -0.4 is 20.3 Å². The highest BCUT2D eigenvalue weighted by Gasteiger charge is 2.21. The van der Waals surface area contributed by atoms with Crippen molar-refractivity contribution in [2.75, 3.05) is 58.3 Å². The summed E-state index contributed by atoms with van der Waals surface area (Å²) >= 11 is 0. The summed E-state index contributed by atoms with van der Waals surface area (Å²) in [6, 6.07) is 15.9. The summed E-state index contributed by atoms with van der Waals surface area (Å²) in [7, 11) is 3.37. The van der Waals surface area contributed by atoms with Crippen molar-refractivity contribution in [2.45, 2.75) is 13.3 Å². The Morgan fingerprint density at radius 1 is 1.09 bits per heavy atom. The van der Waals surface area contributed by atoms with Crippen LogP contribution in [0.1, 0.15) is 22.8 Å². The fraction of sp³-hybridized carbons (Fsp3) is 0.417. The van der Waals surface area contributed by atoms with E-state index < -0.39 is 0 Å². The Morgan fingerprint density at radius 3 is 2.53 bits per heavy atom. The first-order valence-electron chi connectivity index (χ1n) is 10.9. The Hall–Kier alpha value is -2.49. The largest absolute Gasteiger partial charge is 0.495 e. The molecule has 0 unspecified atom stereocenters. The first-order chi connectivity index (χ1) is 15.2. The molecular formula is C24H34IN5O2. The summed E-state index contributed by atoms with van der Waals surface area (Å²) in [6.45, 7) is 7.22. The van der Waals surface area contributed by atoms with Crippen LogP contribution in [0.15, 0.2) is 53.5 Å². The molecule has 0 spiro atoms. The zero-order chi connectivity index (χ0) is 22.1. The Balaban J connectivity index is 0.00000363. The maximum absolute atomic E-state index is 11.8. The molecule has 0 saturated carbocycles. The third-order valence-electron chi connectivity index (χ3n) is 5.42. The second kappa shape index (κ2) is 13.1. The molecule has 0 bridgehead atoms. The van der Waals surface area contributed by atoms with Crippen LogP contribution in [0.25, 0.3) is 0 Å². The summed E-state index contributed by atoms with van der Waals surface area (Å²) in [5.41, 5.74) is 2.94. The Kier molecular flexibility index (Phi) is 10.6. The van der Waals surface area contributed by atoms with Gasteiger partial charge in [0, 0.05) is 51.9 Å². The van der Waals surface area contributed by atoms with Gasteiger partial charge in [-0.2, -0.15) is 0 Å². The van der Waals surface area contributed by atoms with E-state index in [0.717, 1.165) is 62.1 Å². The van der Waals surface area contributed by atoms with E-state index in [9.17, 15) is 4.79 Å². The van der Waals surface area contributed by atoms with E-state index in [0.29, 0.717) is 12.1 Å². The van der Waals surface area contributed by atoms with Crippen molar-refractivity contribution < 1.29 is 9.53 Å². The number of halogens is 1. The van der Waals surface area contributed by atoms with E-state index in [1.54, 1.807) is 14.2 Å². The highest BCUT2D eigenvalue weighted by Crippen LogP contribution is 2.28. The zero-order valence-corrected chi connectivity index (χ0v) is 21.5. The number of nitrogens with one attached hydrogen (secondary N) is 2.